The third-order valence-corrected chi connectivity index (χ3v) is 4.78. The van der Waals surface area contributed by atoms with Crippen molar-refractivity contribution in [3.8, 4) is 11.4 Å². The number of nitrogens with zero attached hydrogens (tertiary/aromatic N) is 6. The summed E-state index contributed by atoms with van der Waals surface area (Å²) >= 11 is 1.41. The molecule has 3 aromatic rings. The lowest BCUT2D eigenvalue weighted by atomic mass is 10.3. The average Bonchev–Trinajstić information content (AvgIpc) is 2.96. The van der Waals surface area contributed by atoms with Gasteiger partial charge in [0.2, 0.25) is 0 Å². The number of rotatable bonds is 4. The van der Waals surface area contributed by atoms with Gasteiger partial charge in [-0.25, -0.2) is 4.79 Å². The number of aromatic nitrogens is 6. The van der Waals surface area contributed by atoms with Crippen LogP contribution in [0.2, 0.25) is 0 Å². The Hall–Kier alpha value is -2.68. The molecule has 24 heavy (non-hydrogen) atoms. The molecule has 8 nitrogen and oxygen atoms in total. The van der Waals surface area contributed by atoms with E-state index in [0.717, 1.165) is 10.1 Å². The number of hydrogen-bond donors (Lipinski definition) is 0. The van der Waals surface area contributed by atoms with E-state index in [9.17, 15) is 9.59 Å². The van der Waals surface area contributed by atoms with Gasteiger partial charge in [0.05, 0.1) is 0 Å². The maximum Gasteiger partial charge on any atom is 0.330 e. The second-order valence-electron chi connectivity index (χ2n) is 5.27. The smallest absolute Gasteiger partial charge is 0.305 e. The van der Waals surface area contributed by atoms with E-state index in [-0.39, 0.29) is 11.2 Å². The van der Waals surface area contributed by atoms with Crippen molar-refractivity contribution in [1.29, 1.82) is 0 Å². The van der Waals surface area contributed by atoms with Crippen LogP contribution in [0.15, 0.2) is 45.3 Å². The van der Waals surface area contributed by atoms with Crippen LogP contribution < -0.4 is 11.2 Å². The summed E-state index contributed by atoms with van der Waals surface area (Å²) in [5.74, 6) is 1.16. The molecular formula is C15H16N6O2S. The van der Waals surface area contributed by atoms with Gasteiger partial charge in [-0.15, -0.1) is 10.2 Å². The van der Waals surface area contributed by atoms with Gasteiger partial charge in [0, 0.05) is 56.6 Å². The molecular weight excluding hydrogens is 328 g/mol. The fourth-order valence-electron chi connectivity index (χ4n) is 2.24. The van der Waals surface area contributed by atoms with Gasteiger partial charge in [0.25, 0.3) is 5.56 Å². The lowest BCUT2D eigenvalue weighted by Crippen LogP contribution is -2.37. The summed E-state index contributed by atoms with van der Waals surface area (Å²) < 4.78 is 4.41. The zero-order valence-corrected chi connectivity index (χ0v) is 14.3. The van der Waals surface area contributed by atoms with Crippen molar-refractivity contribution in [2.24, 2.45) is 21.1 Å². The first-order valence-electron chi connectivity index (χ1n) is 7.17. The highest BCUT2D eigenvalue weighted by atomic mass is 32.2. The number of pyridine rings is 1. The second kappa shape index (κ2) is 6.44. The van der Waals surface area contributed by atoms with Crippen LogP contribution in [0, 0.1) is 0 Å². The third-order valence-electron chi connectivity index (χ3n) is 3.73. The van der Waals surface area contributed by atoms with Crippen LogP contribution in [0.1, 0.15) is 5.69 Å². The van der Waals surface area contributed by atoms with Crippen LogP contribution in [0.25, 0.3) is 11.4 Å². The fraction of sp³-hybridized carbons (Fsp3) is 0.267. The third kappa shape index (κ3) is 2.90. The van der Waals surface area contributed by atoms with Crippen molar-refractivity contribution < 1.29 is 0 Å². The highest BCUT2D eigenvalue weighted by Gasteiger charge is 2.13. The van der Waals surface area contributed by atoms with E-state index in [2.05, 4.69) is 15.2 Å². The Bertz CT molecular complexity index is 989. The predicted molar refractivity (Wildman–Crippen MR) is 90.7 cm³/mol. The van der Waals surface area contributed by atoms with Crippen molar-refractivity contribution in [2.75, 3.05) is 0 Å². The molecule has 0 amide bonds. The zero-order chi connectivity index (χ0) is 17.3. The van der Waals surface area contributed by atoms with Crippen LogP contribution in [0.3, 0.4) is 0 Å². The van der Waals surface area contributed by atoms with Gasteiger partial charge in [0.15, 0.2) is 11.0 Å². The zero-order valence-electron chi connectivity index (χ0n) is 13.5. The summed E-state index contributed by atoms with van der Waals surface area (Å²) in [5.41, 5.74) is 0.856. The molecule has 0 bridgehead atoms. The van der Waals surface area contributed by atoms with E-state index in [0.29, 0.717) is 22.4 Å². The van der Waals surface area contributed by atoms with Crippen LogP contribution >= 0.6 is 11.8 Å². The lowest BCUT2D eigenvalue weighted by molar-refractivity contribution is 0.664. The molecule has 124 valence electrons. The van der Waals surface area contributed by atoms with Gasteiger partial charge in [0.1, 0.15) is 0 Å². The van der Waals surface area contributed by atoms with Gasteiger partial charge in [-0.05, 0) is 12.1 Å². The quantitative estimate of drug-likeness (QED) is 0.643. The minimum Gasteiger partial charge on any atom is -0.305 e. The molecule has 0 saturated heterocycles. The van der Waals surface area contributed by atoms with Crippen LogP contribution in [0.5, 0.6) is 0 Å². The van der Waals surface area contributed by atoms with Crippen LogP contribution in [-0.4, -0.2) is 28.9 Å². The fourth-order valence-corrected chi connectivity index (χ4v) is 3.17. The molecule has 0 unspecified atom stereocenters. The molecule has 0 saturated carbocycles. The summed E-state index contributed by atoms with van der Waals surface area (Å²) in [6, 6.07) is 5.22. The maximum atomic E-state index is 12.0. The molecule has 0 aromatic carbocycles. The van der Waals surface area contributed by atoms with E-state index in [1.165, 1.54) is 29.4 Å². The van der Waals surface area contributed by atoms with Crippen molar-refractivity contribution >= 4 is 11.8 Å². The van der Waals surface area contributed by atoms with Crippen LogP contribution in [0.4, 0.5) is 0 Å². The highest BCUT2D eigenvalue weighted by Crippen LogP contribution is 2.24. The van der Waals surface area contributed by atoms with E-state index >= 15 is 0 Å². The van der Waals surface area contributed by atoms with E-state index < -0.39 is 0 Å². The molecule has 3 aromatic heterocycles. The second-order valence-corrected chi connectivity index (χ2v) is 6.21. The summed E-state index contributed by atoms with van der Waals surface area (Å²) in [7, 11) is 4.98. The molecule has 0 fully saturated rings. The standard InChI is InChI=1S/C15H16N6O2S/c1-19-11(7-12(22)20(2)15(19)23)9-24-14-18-17-13(21(14)3)10-5-4-6-16-8-10/h4-8H,9H2,1-3H3. The molecule has 3 heterocycles. The Labute approximate surface area is 141 Å². The largest absolute Gasteiger partial charge is 0.330 e. The summed E-state index contributed by atoms with van der Waals surface area (Å²) in [6.45, 7) is 0. The van der Waals surface area contributed by atoms with Crippen molar-refractivity contribution in [3.63, 3.8) is 0 Å². The lowest BCUT2D eigenvalue weighted by Gasteiger charge is -2.09. The minimum atomic E-state index is -0.341. The van der Waals surface area contributed by atoms with Gasteiger partial charge < -0.3 is 4.57 Å². The molecule has 0 aliphatic rings. The van der Waals surface area contributed by atoms with Crippen molar-refractivity contribution in [2.45, 2.75) is 10.9 Å². The van der Waals surface area contributed by atoms with Crippen molar-refractivity contribution in [1.82, 2.24) is 28.9 Å². The van der Waals surface area contributed by atoms with Gasteiger partial charge in [-0.2, -0.15) is 0 Å². The summed E-state index contributed by atoms with van der Waals surface area (Å²) in [4.78, 5) is 27.8. The normalized spacial score (nSPS) is 11.0. The monoisotopic (exact) mass is 344 g/mol. The van der Waals surface area contributed by atoms with Gasteiger partial charge >= 0.3 is 5.69 Å². The first-order chi connectivity index (χ1) is 11.5. The average molecular weight is 344 g/mol. The van der Waals surface area contributed by atoms with Crippen LogP contribution in [-0.2, 0) is 26.9 Å². The maximum absolute atomic E-state index is 12.0. The Morgan fingerprint density at radius 3 is 2.58 bits per heavy atom. The first-order valence-corrected chi connectivity index (χ1v) is 8.16. The molecule has 0 spiro atoms. The molecule has 0 atom stereocenters. The van der Waals surface area contributed by atoms with Crippen molar-refractivity contribution in [3.05, 3.63) is 57.1 Å². The van der Waals surface area contributed by atoms with E-state index in [4.69, 9.17) is 0 Å². The molecule has 9 heteroatoms. The molecule has 0 radical (unpaired) electrons. The first kappa shape index (κ1) is 16.2. The summed E-state index contributed by atoms with van der Waals surface area (Å²) in [6.07, 6.45) is 3.43. The number of thioether (sulfide) groups is 1. The number of hydrogen-bond acceptors (Lipinski definition) is 6. The molecule has 0 aliphatic carbocycles. The van der Waals surface area contributed by atoms with Gasteiger partial charge in [-0.1, -0.05) is 11.8 Å². The molecule has 0 aliphatic heterocycles. The minimum absolute atomic E-state index is 0.317. The summed E-state index contributed by atoms with van der Waals surface area (Å²) in [5, 5.41) is 9.06. The Morgan fingerprint density at radius 1 is 1.08 bits per heavy atom. The predicted octanol–water partition coefficient (Wildman–Crippen LogP) is 0.567. The highest BCUT2D eigenvalue weighted by molar-refractivity contribution is 7.98. The van der Waals surface area contributed by atoms with Gasteiger partial charge in [-0.3, -0.25) is 18.9 Å². The SMILES string of the molecule is Cn1c(SCc2cc(=O)n(C)c(=O)n2C)nnc1-c1cccnc1. The van der Waals surface area contributed by atoms with E-state index in [1.807, 2.05) is 23.7 Å². The molecule has 3 rings (SSSR count). The Kier molecular flexibility index (Phi) is 4.34. The Balaban J connectivity index is 1.86. The Morgan fingerprint density at radius 2 is 1.88 bits per heavy atom. The van der Waals surface area contributed by atoms with E-state index in [1.54, 1.807) is 19.4 Å². The molecule has 0 N–H and O–H groups in total. The topological polar surface area (TPSA) is 87.6 Å².